The van der Waals surface area contributed by atoms with Crippen LogP contribution in [0.2, 0.25) is 0 Å². The van der Waals surface area contributed by atoms with E-state index in [1.165, 1.54) is 5.69 Å². The highest BCUT2D eigenvalue weighted by molar-refractivity contribution is 6.02. The summed E-state index contributed by atoms with van der Waals surface area (Å²) in [5, 5.41) is 0. The summed E-state index contributed by atoms with van der Waals surface area (Å²) in [5.74, 6) is 0.213. The van der Waals surface area contributed by atoms with Crippen LogP contribution in [0.5, 0.6) is 0 Å². The molecule has 1 aromatic rings. The van der Waals surface area contributed by atoms with E-state index >= 15 is 0 Å². The van der Waals surface area contributed by atoms with E-state index in [4.69, 9.17) is 0 Å². The third-order valence-corrected chi connectivity index (χ3v) is 2.95. The van der Waals surface area contributed by atoms with Crippen LogP contribution in [0.3, 0.4) is 0 Å². The van der Waals surface area contributed by atoms with Gasteiger partial charge in [-0.25, -0.2) is 0 Å². The van der Waals surface area contributed by atoms with Crippen molar-refractivity contribution in [1.82, 2.24) is 4.48 Å². The molecule has 17 heavy (non-hydrogen) atoms. The fourth-order valence-electron chi connectivity index (χ4n) is 2.00. The number of carbonyl (C=O) groups is 1. The third kappa shape index (κ3) is 2.95. The van der Waals surface area contributed by atoms with Crippen molar-refractivity contribution in [1.29, 1.82) is 0 Å². The first kappa shape index (κ1) is 13.9. The molecule has 1 aromatic carbocycles. The average Bonchev–Trinajstić information content (AvgIpc) is 2.13. The van der Waals surface area contributed by atoms with Crippen LogP contribution in [0.4, 0.5) is 5.69 Å². The predicted octanol–water partition coefficient (Wildman–Crippen LogP) is 3.42. The Kier molecular flexibility index (Phi) is 3.49. The van der Waals surface area contributed by atoms with Crippen molar-refractivity contribution >= 4 is 11.5 Å². The van der Waals surface area contributed by atoms with E-state index in [9.17, 15) is 4.79 Å². The Bertz CT molecular complexity index is 433. The van der Waals surface area contributed by atoms with Crippen LogP contribution in [-0.4, -0.2) is 26.9 Å². The Hall–Kier alpha value is -1.15. The smallest absolute Gasteiger partial charge is 0.168 e. The van der Waals surface area contributed by atoms with Gasteiger partial charge in [-0.3, -0.25) is 9.28 Å². The standard InChI is InChI=1S/C15H24NO/c1-11-12(14(17)15(2,3)4)9-8-10-13(11)16(5,6)7/h8-10H,1-7H3/q+1. The molecule has 2 heteroatoms. The van der Waals surface area contributed by atoms with Gasteiger partial charge in [-0.2, -0.15) is 0 Å². The highest BCUT2D eigenvalue weighted by atomic mass is 16.1. The maximum absolute atomic E-state index is 12.4. The number of rotatable bonds is 2. The number of hydrogen-bond donors (Lipinski definition) is 0. The molecule has 0 amide bonds. The largest absolute Gasteiger partial charge is 0.298 e. The molecule has 0 N–H and O–H groups in total. The van der Waals surface area contributed by atoms with Crippen LogP contribution < -0.4 is 4.48 Å². The minimum absolute atomic E-state index is 0.213. The summed E-state index contributed by atoms with van der Waals surface area (Å²) in [7, 11) is 6.36. The second kappa shape index (κ2) is 4.26. The summed E-state index contributed by atoms with van der Waals surface area (Å²) >= 11 is 0. The average molecular weight is 234 g/mol. The maximum atomic E-state index is 12.4. The van der Waals surface area contributed by atoms with Crippen LogP contribution in [0.15, 0.2) is 18.2 Å². The summed E-state index contributed by atoms with van der Waals surface area (Å²) < 4.78 is 0.733. The van der Waals surface area contributed by atoms with Crippen LogP contribution >= 0.6 is 0 Å². The summed E-state index contributed by atoms with van der Waals surface area (Å²) in [6.45, 7) is 7.94. The Morgan fingerprint density at radius 2 is 1.65 bits per heavy atom. The van der Waals surface area contributed by atoms with Crippen molar-refractivity contribution in [2.45, 2.75) is 27.7 Å². The van der Waals surface area contributed by atoms with Crippen LogP contribution in [-0.2, 0) is 0 Å². The molecule has 0 aromatic heterocycles. The van der Waals surface area contributed by atoms with E-state index in [1.807, 2.05) is 39.8 Å². The third-order valence-electron chi connectivity index (χ3n) is 2.95. The van der Waals surface area contributed by atoms with Gasteiger partial charge in [-0.05, 0) is 13.0 Å². The lowest BCUT2D eigenvalue weighted by Gasteiger charge is -2.27. The van der Waals surface area contributed by atoms with Crippen LogP contribution in [0.1, 0.15) is 36.7 Å². The zero-order valence-electron chi connectivity index (χ0n) is 12.1. The van der Waals surface area contributed by atoms with Gasteiger partial charge in [-0.1, -0.05) is 32.9 Å². The van der Waals surface area contributed by atoms with Gasteiger partial charge in [0.1, 0.15) is 5.69 Å². The van der Waals surface area contributed by atoms with Gasteiger partial charge in [0, 0.05) is 16.5 Å². The summed E-state index contributed by atoms with van der Waals surface area (Å²) in [4.78, 5) is 12.4. The molecular formula is C15H24NO+. The minimum atomic E-state index is -0.325. The summed E-state index contributed by atoms with van der Waals surface area (Å²) in [6.07, 6.45) is 0. The lowest BCUT2D eigenvalue weighted by molar-refractivity contribution is 0.0857. The van der Waals surface area contributed by atoms with Gasteiger partial charge >= 0.3 is 0 Å². The molecule has 0 fully saturated rings. The van der Waals surface area contributed by atoms with Gasteiger partial charge in [0.25, 0.3) is 0 Å². The highest BCUT2D eigenvalue weighted by Gasteiger charge is 2.27. The molecule has 0 heterocycles. The second-order valence-corrected chi connectivity index (χ2v) is 6.54. The molecule has 0 saturated carbocycles. The molecule has 0 aliphatic carbocycles. The number of Topliss-reactive ketones (excluding diaryl/α,β-unsaturated/α-hetero) is 1. The zero-order chi connectivity index (χ0) is 13.4. The van der Waals surface area contributed by atoms with Crippen molar-refractivity contribution in [2.24, 2.45) is 5.41 Å². The summed E-state index contributed by atoms with van der Waals surface area (Å²) in [5.41, 5.74) is 2.82. The van der Waals surface area contributed by atoms with Crippen LogP contribution in [0, 0.1) is 12.3 Å². The maximum Gasteiger partial charge on any atom is 0.168 e. The topological polar surface area (TPSA) is 17.1 Å². The molecule has 0 aliphatic heterocycles. The molecular weight excluding hydrogens is 210 g/mol. The molecule has 2 nitrogen and oxygen atoms in total. The molecule has 1 rings (SSSR count). The van der Waals surface area contributed by atoms with E-state index in [-0.39, 0.29) is 11.2 Å². The fourth-order valence-corrected chi connectivity index (χ4v) is 2.00. The Balaban J connectivity index is 3.35. The molecule has 0 radical (unpaired) electrons. The number of carbonyl (C=O) groups excluding carboxylic acids is 1. The van der Waals surface area contributed by atoms with E-state index in [0.717, 1.165) is 15.6 Å². The predicted molar refractivity (Wildman–Crippen MR) is 74.5 cm³/mol. The zero-order valence-corrected chi connectivity index (χ0v) is 12.1. The minimum Gasteiger partial charge on any atom is -0.298 e. The van der Waals surface area contributed by atoms with Crippen molar-refractivity contribution in [3.05, 3.63) is 29.3 Å². The van der Waals surface area contributed by atoms with E-state index in [0.29, 0.717) is 0 Å². The molecule has 0 atom stereocenters. The first-order valence-corrected chi connectivity index (χ1v) is 6.01. The van der Waals surface area contributed by atoms with Crippen molar-refractivity contribution in [3.63, 3.8) is 0 Å². The van der Waals surface area contributed by atoms with Gasteiger partial charge in [0.05, 0.1) is 21.1 Å². The number of benzene rings is 1. The Morgan fingerprint density at radius 3 is 2.06 bits per heavy atom. The molecule has 0 aliphatic rings. The Morgan fingerprint density at radius 1 is 1.12 bits per heavy atom. The van der Waals surface area contributed by atoms with E-state index in [1.54, 1.807) is 0 Å². The van der Waals surface area contributed by atoms with Crippen molar-refractivity contribution < 1.29 is 4.79 Å². The van der Waals surface area contributed by atoms with Crippen molar-refractivity contribution in [2.75, 3.05) is 21.1 Å². The van der Waals surface area contributed by atoms with Gasteiger partial charge in [-0.15, -0.1) is 0 Å². The molecule has 0 saturated heterocycles. The monoisotopic (exact) mass is 234 g/mol. The van der Waals surface area contributed by atoms with E-state index in [2.05, 4.69) is 27.2 Å². The second-order valence-electron chi connectivity index (χ2n) is 6.54. The van der Waals surface area contributed by atoms with Gasteiger partial charge < -0.3 is 0 Å². The summed E-state index contributed by atoms with van der Waals surface area (Å²) in [6, 6.07) is 6.00. The van der Waals surface area contributed by atoms with Crippen molar-refractivity contribution in [3.8, 4) is 0 Å². The van der Waals surface area contributed by atoms with Gasteiger partial charge in [0.2, 0.25) is 0 Å². The number of hydrogen-bond acceptors (Lipinski definition) is 1. The highest BCUT2D eigenvalue weighted by Crippen LogP contribution is 2.29. The molecule has 94 valence electrons. The molecule has 0 bridgehead atoms. The normalized spacial score (nSPS) is 12.6. The first-order chi connectivity index (χ1) is 7.55. The molecule has 0 spiro atoms. The van der Waals surface area contributed by atoms with Gasteiger partial charge in [0.15, 0.2) is 5.78 Å². The number of ketones is 1. The number of nitrogens with zero attached hydrogens (tertiary/aromatic N) is 1. The lowest BCUT2D eigenvalue weighted by atomic mass is 9.84. The van der Waals surface area contributed by atoms with Crippen LogP contribution in [0.25, 0.3) is 0 Å². The number of quaternary nitrogens is 1. The first-order valence-electron chi connectivity index (χ1n) is 6.01. The van der Waals surface area contributed by atoms with E-state index < -0.39 is 0 Å². The quantitative estimate of drug-likeness (QED) is 0.566. The Labute approximate surface area is 105 Å². The SMILES string of the molecule is Cc1c(C(=O)C(C)(C)C)cccc1[N+](C)(C)C. The molecule has 0 unspecified atom stereocenters. The fraction of sp³-hybridized carbons (Fsp3) is 0.533. The lowest BCUT2D eigenvalue weighted by Crippen LogP contribution is -2.36.